The van der Waals surface area contributed by atoms with Crippen LogP contribution in [0.1, 0.15) is 56.2 Å². The number of likely N-dealkylation sites (tertiary alicyclic amines) is 1. The van der Waals surface area contributed by atoms with Crippen molar-refractivity contribution in [2.24, 2.45) is 5.92 Å². The Kier molecular flexibility index (Phi) is 10.0. The summed E-state index contributed by atoms with van der Waals surface area (Å²) < 4.78 is 38.7. The number of carbonyl (C=O) groups is 1. The Morgan fingerprint density at radius 2 is 1.93 bits per heavy atom. The average Bonchev–Trinajstić information content (AvgIpc) is 3.47. The number of hydrogen-bond donors (Lipinski definition) is 0. The van der Waals surface area contributed by atoms with E-state index in [0.29, 0.717) is 25.4 Å². The van der Waals surface area contributed by atoms with Gasteiger partial charge in [-0.2, -0.15) is 5.26 Å². The number of benzene rings is 3. The summed E-state index contributed by atoms with van der Waals surface area (Å²) in [7, 11) is 0. The molecule has 0 bridgehead atoms. The normalized spacial score (nSPS) is 14.9. The van der Waals surface area contributed by atoms with Crippen molar-refractivity contribution in [1.82, 2.24) is 15.1 Å². The molecule has 12 heteroatoms. The number of aromatic nitrogens is 2. The van der Waals surface area contributed by atoms with Gasteiger partial charge in [-0.25, -0.2) is 9.18 Å². The molecule has 9 nitrogen and oxygen atoms in total. The molecule has 1 aromatic heterocycles. The lowest BCUT2D eigenvalue weighted by Gasteiger charge is -2.34. The standard InChI is InChI=1S/C34H33Cl2FN4O5/c1-20-12-25(43-19-21-6-5-11-41(18-21)33(42)46-34(2,3)4)8-9-27(20)32-40-39-29(45-32)15-23-7-10-28(36)31(30(23)37)44-26-14-22(17-38)13-24(35)16-26/h7-10,12-14,16,21H,5-6,11,15,18-19H2,1-4H3/t21-/m1/s1. The summed E-state index contributed by atoms with van der Waals surface area (Å²) in [6.45, 7) is 9.22. The smallest absolute Gasteiger partial charge is 0.410 e. The van der Waals surface area contributed by atoms with Crippen LogP contribution >= 0.6 is 23.2 Å². The van der Waals surface area contributed by atoms with E-state index in [2.05, 4.69) is 10.2 Å². The van der Waals surface area contributed by atoms with Gasteiger partial charge in [0.05, 0.1) is 29.7 Å². The highest BCUT2D eigenvalue weighted by molar-refractivity contribution is 6.32. The van der Waals surface area contributed by atoms with E-state index in [1.54, 1.807) is 4.90 Å². The number of carbonyl (C=O) groups excluding carboxylic acids is 1. The molecule has 46 heavy (non-hydrogen) atoms. The molecule has 0 unspecified atom stereocenters. The molecular formula is C34H33Cl2FN4O5. The topological polar surface area (TPSA) is 111 Å². The highest BCUT2D eigenvalue weighted by Crippen LogP contribution is 2.36. The number of piperidine rings is 1. The van der Waals surface area contributed by atoms with Crippen molar-refractivity contribution in [1.29, 1.82) is 5.26 Å². The van der Waals surface area contributed by atoms with Crippen LogP contribution in [-0.4, -0.2) is 46.5 Å². The predicted molar refractivity (Wildman–Crippen MR) is 171 cm³/mol. The minimum absolute atomic E-state index is 0.00665. The summed E-state index contributed by atoms with van der Waals surface area (Å²) in [6, 6.07) is 14.9. The second-order valence-electron chi connectivity index (χ2n) is 12.1. The molecule has 1 aliphatic heterocycles. The van der Waals surface area contributed by atoms with Crippen molar-refractivity contribution in [3.05, 3.63) is 87.0 Å². The summed E-state index contributed by atoms with van der Waals surface area (Å²) in [6.07, 6.45) is 1.56. The van der Waals surface area contributed by atoms with Crippen molar-refractivity contribution in [3.63, 3.8) is 0 Å². The van der Waals surface area contributed by atoms with Crippen molar-refractivity contribution in [2.45, 2.75) is 52.6 Å². The van der Waals surface area contributed by atoms with Crippen LogP contribution in [0.15, 0.2) is 52.9 Å². The first-order valence-corrected chi connectivity index (χ1v) is 15.5. The van der Waals surface area contributed by atoms with E-state index in [-0.39, 0.29) is 62.9 Å². The molecule has 240 valence electrons. The van der Waals surface area contributed by atoms with E-state index < -0.39 is 11.4 Å². The summed E-state index contributed by atoms with van der Waals surface area (Å²) in [5.74, 6) is 0.632. The number of nitriles is 1. The molecule has 0 spiro atoms. The monoisotopic (exact) mass is 666 g/mol. The van der Waals surface area contributed by atoms with E-state index in [1.807, 2.05) is 52.0 Å². The molecule has 0 aliphatic carbocycles. The number of hydrogen-bond acceptors (Lipinski definition) is 8. The van der Waals surface area contributed by atoms with Gasteiger partial charge in [0.2, 0.25) is 11.8 Å². The van der Waals surface area contributed by atoms with Gasteiger partial charge in [0.1, 0.15) is 17.1 Å². The molecular weight excluding hydrogens is 634 g/mol. The fourth-order valence-corrected chi connectivity index (χ4v) is 5.49. The fourth-order valence-electron chi connectivity index (χ4n) is 5.08. The molecule has 0 radical (unpaired) electrons. The number of aryl methyl sites for hydroxylation is 1. The first-order chi connectivity index (χ1) is 21.9. The number of ether oxygens (including phenoxy) is 3. The quantitative estimate of drug-likeness (QED) is 0.183. The molecule has 0 N–H and O–H groups in total. The zero-order valence-electron chi connectivity index (χ0n) is 25.9. The highest BCUT2D eigenvalue weighted by Gasteiger charge is 2.28. The van der Waals surface area contributed by atoms with Crippen LogP contribution in [-0.2, 0) is 11.2 Å². The zero-order valence-corrected chi connectivity index (χ0v) is 27.4. The van der Waals surface area contributed by atoms with Gasteiger partial charge in [-0.3, -0.25) is 0 Å². The largest absolute Gasteiger partial charge is 0.493 e. The molecule has 3 aromatic carbocycles. The maximum Gasteiger partial charge on any atom is 0.410 e. The van der Waals surface area contributed by atoms with Crippen LogP contribution in [0.4, 0.5) is 9.18 Å². The lowest BCUT2D eigenvalue weighted by Crippen LogP contribution is -2.44. The van der Waals surface area contributed by atoms with Gasteiger partial charge in [-0.1, -0.05) is 29.3 Å². The van der Waals surface area contributed by atoms with Crippen LogP contribution in [0.5, 0.6) is 17.2 Å². The van der Waals surface area contributed by atoms with Crippen LogP contribution in [0.2, 0.25) is 10.0 Å². The molecule has 0 saturated carbocycles. The molecule has 5 rings (SSSR count). The number of rotatable bonds is 8. The van der Waals surface area contributed by atoms with Gasteiger partial charge in [-0.05, 0) is 88.6 Å². The third-order valence-corrected chi connectivity index (χ3v) is 7.76. The highest BCUT2D eigenvalue weighted by atomic mass is 35.5. The average molecular weight is 668 g/mol. The van der Waals surface area contributed by atoms with Gasteiger partial charge in [0.15, 0.2) is 11.6 Å². The fraction of sp³-hybridized carbons (Fsp3) is 0.353. The molecule has 2 heterocycles. The minimum atomic E-state index is -0.699. The van der Waals surface area contributed by atoms with Gasteiger partial charge in [0, 0.05) is 35.2 Å². The van der Waals surface area contributed by atoms with Crippen LogP contribution < -0.4 is 9.47 Å². The van der Waals surface area contributed by atoms with E-state index in [0.717, 1.165) is 24.0 Å². The zero-order chi connectivity index (χ0) is 33.0. The van der Waals surface area contributed by atoms with Crippen LogP contribution in [0, 0.1) is 30.0 Å². The van der Waals surface area contributed by atoms with Crippen molar-refractivity contribution in [2.75, 3.05) is 19.7 Å². The Bertz CT molecular complexity index is 1780. The Hall–Kier alpha value is -4.33. The van der Waals surface area contributed by atoms with Gasteiger partial charge in [0.25, 0.3) is 0 Å². The predicted octanol–water partition coefficient (Wildman–Crippen LogP) is 8.77. The summed E-state index contributed by atoms with van der Waals surface area (Å²) in [4.78, 5) is 14.2. The lowest BCUT2D eigenvalue weighted by molar-refractivity contribution is 0.0139. The lowest BCUT2D eigenvalue weighted by atomic mass is 9.99. The van der Waals surface area contributed by atoms with Gasteiger partial charge < -0.3 is 23.5 Å². The minimum Gasteiger partial charge on any atom is -0.493 e. The second kappa shape index (κ2) is 14.0. The first kappa shape index (κ1) is 33.0. The maximum atomic E-state index is 15.5. The summed E-state index contributed by atoms with van der Waals surface area (Å²) in [5.41, 5.74) is 1.53. The number of amides is 1. The molecule has 1 saturated heterocycles. The summed E-state index contributed by atoms with van der Waals surface area (Å²) >= 11 is 12.3. The van der Waals surface area contributed by atoms with Crippen molar-refractivity contribution >= 4 is 29.3 Å². The third kappa shape index (κ3) is 8.27. The molecule has 1 fully saturated rings. The molecule has 4 aromatic rings. The summed E-state index contributed by atoms with van der Waals surface area (Å²) in [5, 5.41) is 17.8. The van der Waals surface area contributed by atoms with E-state index in [9.17, 15) is 10.1 Å². The van der Waals surface area contributed by atoms with Crippen molar-refractivity contribution < 1.29 is 27.8 Å². The Morgan fingerprint density at radius 1 is 1.13 bits per heavy atom. The Labute approximate surface area is 276 Å². The van der Waals surface area contributed by atoms with Crippen LogP contribution in [0.3, 0.4) is 0 Å². The third-order valence-electron chi connectivity index (χ3n) is 7.24. The molecule has 1 amide bonds. The van der Waals surface area contributed by atoms with Gasteiger partial charge >= 0.3 is 6.09 Å². The van der Waals surface area contributed by atoms with E-state index >= 15 is 4.39 Å². The Morgan fingerprint density at radius 3 is 2.67 bits per heavy atom. The second-order valence-corrected chi connectivity index (χ2v) is 13.0. The van der Waals surface area contributed by atoms with Crippen molar-refractivity contribution in [3.8, 4) is 34.8 Å². The SMILES string of the molecule is Cc1cc(OC[C@@H]2CCCN(C(=O)OC(C)(C)C)C2)ccc1-c1nnc(Cc2ccc(Cl)c(Oc3cc(Cl)cc(C#N)c3)c2F)o1. The maximum absolute atomic E-state index is 15.5. The molecule has 1 atom stereocenters. The number of halogens is 3. The first-order valence-electron chi connectivity index (χ1n) is 14.8. The van der Waals surface area contributed by atoms with E-state index in [4.69, 9.17) is 41.8 Å². The van der Waals surface area contributed by atoms with E-state index in [1.165, 1.54) is 30.3 Å². The van der Waals surface area contributed by atoms with Crippen LogP contribution in [0.25, 0.3) is 11.5 Å². The van der Waals surface area contributed by atoms with Gasteiger partial charge in [-0.15, -0.1) is 10.2 Å². The Balaban J connectivity index is 1.22. The molecule has 1 aliphatic rings. The number of nitrogens with zero attached hydrogens (tertiary/aromatic N) is 4.